The third-order valence-electron chi connectivity index (χ3n) is 4.24. The number of nitrogen functional groups attached to an aromatic ring is 1. The summed E-state index contributed by atoms with van der Waals surface area (Å²) in [5.74, 6) is -0.186. The summed E-state index contributed by atoms with van der Waals surface area (Å²) in [6.45, 7) is 3.91. The number of halogens is 1. The number of anilines is 3. The molecule has 0 atom stereocenters. The van der Waals surface area contributed by atoms with Crippen molar-refractivity contribution >= 4 is 34.6 Å². The molecule has 0 unspecified atom stereocenters. The summed E-state index contributed by atoms with van der Waals surface area (Å²) in [5, 5.41) is 3.48. The molecule has 2 aromatic rings. The van der Waals surface area contributed by atoms with E-state index in [1.807, 2.05) is 12.1 Å². The number of carbonyl (C=O) groups is 1. The average molecular weight is 345 g/mol. The lowest BCUT2D eigenvalue weighted by molar-refractivity contribution is 0.102. The smallest absolute Gasteiger partial charge is 0.255 e. The number of hydrogen-bond acceptors (Lipinski definition) is 4. The highest BCUT2D eigenvalue weighted by molar-refractivity contribution is 6.30. The van der Waals surface area contributed by atoms with E-state index in [-0.39, 0.29) is 5.91 Å². The van der Waals surface area contributed by atoms with Crippen molar-refractivity contribution in [1.82, 2.24) is 4.90 Å². The SMILES string of the molecule is CN1CCN(c2ccc(C(=O)Nc3ccc(Cl)cc3)cc2N)CC1. The first-order valence-electron chi connectivity index (χ1n) is 7.93. The number of hydrogen-bond donors (Lipinski definition) is 2. The monoisotopic (exact) mass is 344 g/mol. The molecule has 0 bridgehead atoms. The lowest BCUT2D eigenvalue weighted by Crippen LogP contribution is -2.44. The van der Waals surface area contributed by atoms with Crippen LogP contribution in [0.5, 0.6) is 0 Å². The fourth-order valence-corrected chi connectivity index (χ4v) is 2.89. The van der Waals surface area contributed by atoms with Crippen molar-refractivity contribution < 1.29 is 4.79 Å². The Hall–Kier alpha value is -2.24. The second-order valence-electron chi connectivity index (χ2n) is 6.02. The molecule has 3 N–H and O–H groups in total. The van der Waals surface area contributed by atoms with E-state index in [9.17, 15) is 4.79 Å². The molecule has 1 fully saturated rings. The Morgan fingerprint density at radius 1 is 1.08 bits per heavy atom. The van der Waals surface area contributed by atoms with Gasteiger partial charge in [-0.25, -0.2) is 0 Å². The molecule has 24 heavy (non-hydrogen) atoms. The van der Waals surface area contributed by atoms with Crippen LogP contribution in [0.15, 0.2) is 42.5 Å². The number of rotatable bonds is 3. The molecule has 1 saturated heterocycles. The number of amides is 1. The Kier molecular flexibility index (Phi) is 4.92. The number of nitrogens with one attached hydrogen (secondary N) is 1. The van der Waals surface area contributed by atoms with Crippen molar-refractivity contribution in [3.8, 4) is 0 Å². The molecule has 1 aliphatic heterocycles. The molecule has 1 amide bonds. The van der Waals surface area contributed by atoms with Crippen LogP contribution in [0.1, 0.15) is 10.4 Å². The van der Waals surface area contributed by atoms with Crippen LogP contribution in [0.2, 0.25) is 5.02 Å². The minimum Gasteiger partial charge on any atom is -0.397 e. The number of benzene rings is 2. The largest absolute Gasteiger partial charge is 0.397 e. The van der Waals surface area contributed by atoms with Crippen molar-refractivity contribution in [2.24, 2.45) is 0 Å². The fraction of sp³-hybridized carbons (Fsp3) is 0.278. The van der Waals surface area contributed by atoms with Gasteiger partial charge in [-0.05, 0) is 49.5 Å². The first-order valence-corrected chi connectivity index (χ1v) is 8.30. The van der Waals surface area contributed by atoms with Crippen molar-refractivity contribution in [2.45, 2.75) is 0 Å². The Bertz CT molecular complexity index is 724. The molecule has 0 aromatic heterocycles. The van der Waals surface area contributed by atoms with Gasteiger partial charge in [0, 0.05) is 42.5 Å². The topological polar surface area (TPSA) is 61.6 Å². The van der Waals surface area contributed by atoms with Crippen LogP contribution in [0.4, 0.5) is 17.1 Å². The first-order chi connectivity index (χ1) is 11.5. The summed E-state index contributed by atoms with van der Waals surface area (Å²) in [7, 11) is 2.12. The van der Waals surface area contributed by atoms with Crippen LogP contribution in [0.25, 0.3) is 0 Å². The first kappa shape index (κ1) is 16.6. The summed E-state index contributed by atoms with van der Waals surface area (Å²) in [5.41, 5.74) is 9.05. The van der Waals surface area contributed by atoms with Gasteiger partial charge in [-0.15, -0.1) is 0 Å². The highest BCUT2D eigenvalue weighted by Crippen LogP contribution is 2.26. The number of nitrogens with zero attached hydrogens (tertiary/aromatic N) is 2. The minimum absolute atomic E-state index is 0.186. The molecule has 0 spiro atoms. The van der Waals surface area contributed by atoms with Crippen LogP contribution in [0, 0.1) is 0 Å². The van der Waals surface area contributed by atoms with Crippen LogP contribution in [-0.4, -0.2) is 44.0 Å². The number of piperazine rings is 1. The fourth-order valence-electron chi connectivity index (χ4n) is 2.77. The van der Waals surface area contributed by atoms with E-state index < -0.39 is 0 Å². The molecule has 0 aliphatic carbocycles. The lowest BCUT2D eigenvalue weighted by Gasteiger charge is -2.34. The molecular weight excluding hydrogens is 324 g/mol. The molecule has 5 nitrogen and oxygen atoms in total. The highest BCUT2D eigenvalue weighted by atomic mass is 35.5. The summed E-state index contributed by atoms with van der Waals surface area (Å²) in [6.07, 6.45) is 0. The van der Waals surface area contributed by atoms with Crippen molar-refractivity contribution in [2.75, 3.05) is 49.2 Å². The maximum Gasteiger partial charge on any atom is 0.255 e. The number of carbonyl (C=O) groups excluding carboxylic acids is 1. The Labute approximate surface area is 147 Å². The Morgan fingerprint density at radius 3 is 2.38 bits per heavy atom. The Balaban J connectivity index is 1.71. The molecule has 1 heterocycles. The predicted molar refractivity (Wildman–Crippen MR) is 100.0 cm³/mol. The van der Waals surface area contributed by atoms with Gasteiger partial charge in [-0.1, -0.05) is 11.6 Å². The molecule has 1 aliphatic rings. The van der Waals surface area contributed by atoms with Gasteiger partial charge in [0.25, 0.3) is 5.91 Å². The van der Waals surface area contributed by atoms with E-state index in [0.717, 1.165) is 31.9 Å². The van der Waals surface area contributed by atoms with Crippen LogP contribution < -0.4 is 16.0 Å². The molecule has 0 saturated carbocycles. The maximum absolute atomic E-state index is 12.4. The summed E-state index contributed by atoms with van der Waals surface area (Å²) >= 11 is 5.85. The van der Waals surface area contributed by atoms with Gasteiger partial charge >= 0.3 is 0 Å². The molecular formula is C18H21ClN4O. The summed E-state index contributed by atoms with van der Waals surface area (Å²) in [4.78, 5) is 16.9. The summed E-state index contributed by atoms with van der Waals surface area (Å²) in [6, 6.07) is 12.5. The van der Waals surface area contributed by atoms with Crippen molar-refractivity contribution in [1.29, 1.82) is 0 Å². The zero-order valence-corrected chi connectivity index (χ0v) is 14.4. The summed E-state index contributed by atoms with van der Waals surface area (Å²) < 4.78 is 0. The predicted octanol–water partition coefficient (Wildman–Crippen LogP) is 2.93. The second kappa shape index (κ2) is 7.11. The third-order valence-corrected chi connectivity index (χ3v) is 4.49. The second-order valence-corrected chi connectivity index (χ2v) is 6.46. The van der Waals surface area contributed by atoms with Crippen LogP contribution in [-0.2, 0) is 0 Å². The standard InChI is InChI=1S/C18H21ClN4O/c1-22-8-10-23(11-9-22)17-7-2-13(12-16(17)20)18(24)21-15-5-3-14(19)4-6-15/h2-7,12H,8-11,20H2,1H3,(H,21,24). The van der Waals surface area contributed by atoms with E-state index in [4.69, 9.17) is 17.3 Å². The lowest BCUT2D eigenvalue weighted by atomic mass is 10.1. The van der Waals surface area contributed by atoms with E-state index in [0.29, 0.717) is 22.0 Å². The molecule has 2 aromatic carbocycles. The van der Waals surface area contributed by atoms with Crippen molar-refractivity contribution in [3.05, 3.63) is 53.1 Å². The zero-order chi connectivity index (χ0) is 17.1. The number of nitrogens with two attached hydrogens (primary N) is 1. The average Bonchev–Trinajstić information content (AvgIpc) is 2.58. The quantitative estimate of drug-likeness (QED) is 0.840. The van der Waals surface area contributed by atoms with E-state index in [1.54, 1.807) is 30.3 Å². The van der Waals surface area contributed by atoms with Crippen LogP contribution >= 0.6 is 11.6 Å². The van der Waals surface area contributed by atoms with Gasteiger partial charge in [-0.3, -0.25) is 4.79 Å². The molecule has 3 rings (SSSR count). The normalized spacial score (nSPS) is 15.3. The van der Waals surface area contributed by atoms with Gasteiger partial charge in [0.1, 0.15) is 0 Å². The van der Waals surface area contributed by atoms with Gasteiger partial charge in [0.05, 0.1) is 11.4 Å². The van der Waals surface area contributed by atoms with Crippen molar-refractivity contribution in [3.63, 3.8) is 0 Å². The third kappa shape index (κ3) is 3.80. The maximum atomic E-state index is 12.4. The molecule has 0 radical (unpaired) electrons. The van der Waals surface area contributed by atoms with E-state index in [2.05, 4.69) is 22.2 Å². The Morgan fingerprint density at radius 2 is 1.75 bits per heavy atom. The van der Waals surface area contributed by atoms with Gasteiger partial charge < -0.3 is 20.9 Å². The number of likely N-dealkylation sites (N-methyl/N-ethyl adjacent to an activating group) is 1. The highest BCUT2D eigenvalue weighted by Gasteiger charge is 2.17. The van der Waals surface area contributed by atoms with Gasteiger partial charge in [0.2, 0.25) is 0 Å². The molecule has 6 heteroatoms. The van der Waals surface area contributed by atoms with Gasteiger partial charge in [-0.2, -0.15) is 0 Å². The van der Waals surface area contributed by atoms with Crippen LogP contribution in [0.3, 0.4) is 0 Å². The van der Waals surface area contributed by atoms with E-state index in [1.165, 1.54) is 0 Å². The van der Waals surface area contributed by atoms with E-state index >= 15 is 0 Å². The molecule has 126 valence electrons. The van der Waals surface area contributed by atoms with Gasteiger partial charge in [0.15, 0.2) is 0 Å². The zero-order valence-electron chi connectivity index (χ0n) is 13.6. The minimum atomic E-state index is -0.186.